The molecule has 0 aliphatic carbocycles. The minimum atomic E-state index is -4.73. The second kappa shape index (κ2) is 10.1. The zero-order valence-electron chi connectivity index (χ0n) is 11.9. The third-order valence-corrected chi connectivity index (χ3v) is 2.22. The monoisotopic (exact) mass is 365 g/mol. The van der Waals surface area contributed by atoms with Crippen LogP contribution in [0.2, 0.25) is 0 Å². The molecule has 0 aliphatic heterocycles. The van der Waals surface area contributed by atoms with Crippen molar-refractivity contribution in [2.24, 2.45) is 5.73 Å². The molecular weight excluding hydrogens is 349 g/mol. The van der Waals surface area contributed by atoms with Gasteiger partial charge in [-0.05, 0) is 11.6 Å². The van der Waals surface area contributed by atoms with Gasteiger partial charge in [-0.15, -0.1) is 0 Å². The van der Waals surface area contributed by atoms with Gasteiger partial charge in [0.15, 0.2) is 0 Å². The molecule has 1 aromatic carbocycles. The van der Waals surface area contributed by atoms with Crippen molar-refractivity contribution in [2.75, 3.05) is 13.7 Å². The number of rotatable bonds is 3. The van der Waals surface area contributed by atoms with Gasteiger partial charge in [-0.3, -0.25) is 0 Å². The fourth-order valence-corrected chi connectivity index (χ4v) is 1.38. The Hall–Kier alpha value is 0.335. The number of aliphatic hydroxyl groups is 1. The van der Waals surface area contributed by atoms with E-state index in [0.717, 1.165) is 13.2 Å². The molecule has 4 nitrogen and oxygen atoms in total. The van der Waals surface area contributed by atoms with Crippen LogP contribution < -0.4 is 73.8 Å². The Labute approximate surface area is 164 Å². The molecule has 0 spiro atoms. The van der Waals surface area contributed by atoms with Crippen LogP contribution in [0.25, 0.3) is 0 Å². The third-order valence-electron chi connectivity index (χ3n) is 2.22. The zero-order chi connectivity index (χ0) is 15.2. The van der Waals surface area contributed by atoms with Crippen LogP contribution in [0.1, 0.15) is 31.1 Å². The smallest absolute Gasteiger partial charge is 0.870 e. The molecule has 0 saturated heterocycles. The van der Waals surface area contributed by atoms with Gasteiger partial charge in [0.1, 0.15) is 5.75 Å². The van der Waals surface area contributed by atoms with Crippen molar-refractivity contribution in [3.05, 3.63) is 23.3 Å². The van der Waals surface area contributed by atoms with Gasteiger partial charge in [-0.25, -0.2) is 0 Å². The number of hydrogen-bond acceptors (Lipinski definition) is 4. The topological polar surface area (TPSA) is 78.5 Å². The summed E-state index contributed by atoms with van der Waals surface area (Å²) in [4.78, 5) is 0. The largest absolute Gasteiger partial charge is 1.00 e. The molecule has 0 bridgehead atoms. The molecule has 3 N–H and O–H groups in total. The van der Waals surface area contributed by atoms with Gasteiger partial charge in [-0.1, -0.05) is 25.7 Å². The second-order valence-corrected chi connectivity index (χ2v) is 3.34. The summed E-state index contributed by atoms with van der Waals surface area (Å²) in [6.45, 7) is 3.62. The van der Waals surface area contributed by atoms with Crippen LogP contribution >= 0.6 is 0 Å². The molecule has 0 aromatic heterocycles. The van der Waals surface area contributed by atoms with Crippen LogP contribution in [0.4, 0.5) is 13.2 Å². The maximum Gasteiger partial charge on any atom is 1.00 e. The van der Waals surface area contributed by atoms with E-state index in [1.807, 2.05) is 13.8 Å². The maximum absolute atomic E-state index is 12.6. The van der Waals surface area contributed by atoms with Gasteiger partial charge >= 0.3 is 64.4 Å². The molecule has 20 heavy (non-hydrogen) atoms. The average Bonchev–Trinajstić information content (AvgIpc) is 2.38. The Balaban J connectivity index is 0. The Bertz CT molecular complexity index is 414. The van der Waals surface area contributed by atoms with E-state index in [0.29, 0.717) is 6.07 Å². The van der Waals surface area contributed by atoms with E-state index in [1.54, 1.807) is 0 Å². The summed E-state index contributed by atoms with van der Waals surface area (Å²) >= 11 is 0. The molecule has 0 heterocycles. The quantitative estimate of drug-likeness (QED) is 0.706. The second-order valence-electron chi connectivity index (χ2n) is 3.34. The molecule has 0 saturated carbocycles. The summed E-state index contributed by atoms with van der Waals surface area (Å²) in [5.74, 6) is -1.16. The van der Waals surface area contributed by atoms with Gasteiger partial charge in [0.2, 0.25) is 0 Å². The minimum absolute atomic E-state index is 0. The van der Waals surface area contributed by atoms with Crippen molar-refractivity contribution < 1.29 is 86.3 Å². The van der Waals surface area contributed by atoms with Crippen LogP contribution in [-0.4, -0.2) is 18.8 Å². The summed E-state index contributed by atoms with van der Waals surface area (Å²) < 4.78 is 42.5. The van der Waals surface area contributed by atoms with Crippen LogP contribution in [0.5, 0.6) is 11.5 Å². The van der Waals surface area contributed by atoms with Crippen LogP contribution in [0.15, 0.2) is 12.1 Å². The Morgan fingerprint density at radius 1 is 1.35 bits per heavy atom. The van der Waals surface area contributed by atoms with Crippen molar-refractivity contribution in [2.45, 2.75) is 26.1 Å². The van der Waals surface area contributed by atoms with Crippen LogP contribution in [0, 0.1) is 0 Å². The number of ether oxygens (including phenoxy) is 1. The van der Waals surface area contributed by atoms with Crippen molar-refractivity contribution in [1.82, 2.24) is 0 Å². The van der Waals surface area contributed by atoms with Gasteiger partial charge in [0.25, 0.3) is 0 Å². The van der Waals surface area contributed by atoms with E-state index >= 15 is 0 Å². The maximum atomic E-state index is 12.6. The number of hydrogen-bond donors (Lipinski definition) is 2. The first-order valence-electron chi connectivity index (χ1n) is 5.65. The first kappa shape index (κ1) is 22.6. The molecule has 0 radical (unpaired) electrons. The number of methoxy groups -OCH3 is 1. The van der Waals surface area contributed by atoms with E-state index in [9.17, 15) is 23.4 Å². The van der Waals surface area contributed by atoms with Crippen LogP contribution in [-0.2, 0) is 6.18 Å². The SMILES string of the molecule is CC.COc1cc(C(O)CN)c(C(F)(F)F)cc1[O-].[Rb+]. The Morgan fingerprint density at radius 3 is 2.20 bits per heavy atom. The van der Waals surface area contributed by atoms with E-state index in [4.69, 9.17) is 5.73 Å². The molecule has 110 valence electrons. The molecular formula is C12H17F3NO3Rb. The van der Waals surface area contributed by atoms with E-state index in [1.165, 1.54) is 0 Å². The summed E-state index contributed by atoms with van der Waals surface area (Å²) in [7, 11) is 1.16. The predicted molar refractivity (Wildman–Crippen MR) is 62.8 cm³/mol. The van der Waals surface area contributed by atoms with Gasteiger partial charge in [0.05, 0.1) is 18.8 Å². The Morgan fingerprint density at radius 2 is 1.85 bits per heavy atom. The molecule has 0 amide bonds. The van der Waals surface area contributed by atoms with Crippen LogP contribution in [0.3, 0.4) is 0 Å². The summed E-state index contributed by atoms with van der Waals surface area (Å²) in [6.07, 6.45) is -6.22. The van der Waals surface area contributed by atoms with E-state index < -0.39 is 29.2 Å². The standard InChI is InChI=1S/C10H12F3NO3.C2H6.Rb/c1-17-9-2-5(8(16)4-14)6(3-7(9)15)10(11,12)13;1-2;/h2-3,8,15-16H,4,14H2,1H3;1-2H3;/q;;+1/p-1. The van der Waals surface area contributed by atoms with Crippen molar-refractivity contribution in [1.29, 1.82) is 0 Å². The molecule has 0 fully saturated rings. The van der Waals surface area contributed by atoms with Gasteiger partial charge < -0.3 is 20.7 Å². The van der Waals surface area contributed by atoms with E-state index in [2.05, 4.69) is 4.74 Å². The third kappa shape index (κ3) is 5.99. The van der Waals surface area contributed by atoms with Crippen molar-refractivity contribution in [3.63, 3.8) is 0 Å². The number of nitrogens with two attached hydrogens (primary N) is 1. The van der Waals surface area contributed by atoms with Crippen molar-refractivity contribution >= 4 is 0 Å². The zero-order valence-corrected chi connectivity index (χ0v) is 16.8. The predicted octanol–water partition coefficient (Wildman–Crippen LogP) is -1.19. The number of halogens is 3. The first-order valence-corrected chi connectivity index (χ1v) is 5.65. The minimum Gasteiger partial charge on any atom is -0.870 e. The molecule has 1 rings (SSSR count). The van der Waals surface area contributed by atoms with Gasteiger partial charge in [-0.2, -0.15) is 13.2 Å². The average molecular weight is 366 g/mol. The fourth-order valence-electron chi connectivity index (χ4n) is 1.38. The number of benzene rings is 1. The summed E-state index contributed by atoms with van der Waals surface area (Å²) in [5.41, 5.74) is 3.45. The molecule has 1 aromatic rings. The fraction of sp³-hybridized carbons (Fsp3) is 0.500. The normalized spacial score (nSPS) is 11.8. The number of alkyl halides is 3. The summed E-state index contributed by atoms with van der Waals surface area (Å²) in [6, 6.07) is 1.26. The molecule has 1 unspecified atom stereocenters. The molecule has 0 aliphatic rings. The van der Waals surface area contributed by atoms with E-state index in [-0.39, 0.29) is 70.5 Å². The Kier molecular flexibility index (Phi) is 11.5. The number of aliphatic hydroxyl groups excluding tert-OH is 1. The first-order chi connectivity index (χ1) is 8.81. The molecule has 8 heteroatoms. The van der Waals surface area contributed by atoms with Crippen molar-refractivity contribution in [3.8, 4) is 11.5 Å². The van der Waals surface area contributed by atoms with Gasteiger partial charge in [0, 0.05) is 6.54 Å². The summed E-state index contributed by atoms with van der Waals surface area (Å²) in [5, 5.41) is 20.6. The molecule has 1 atom stereocenters.